The minimum Gasteiger partial charge on any atom is -0.460 e. The van der Waals surface area contributed by atoms with E-state index in [9.17, 15) is 9.18 Å². The number of halogens is 1. The molecule has 0 atom stereocenters. The highest BCUT2D eigenvalue weighted by atomic mass is 19.1. The molecule has 0 aromatic heterocycles. The topological polar surface area (TPSA) is 35.5 Å². The van der Waals surface area contributed by atoms with E-state index in [0.29, 0.717) is 13.2 Å². The first-order valence-electron chi connectivity index (χ1n) is 4.75. The van der Waals surface area contributed by atoms with E-state index in [-0.39, 0.29) is 12.2 Å². The highest BCUT2D eigenvalue weighted by Crippen LogP contribution is 2.07. The van der Waals surface area contributed by atoms with Crippen molar-refractivity contribution < 1.29 is 18.7 Å². The SMILES string of the molecule is CCOCCOC(=O)c1ccccc1F. The maximum absolute atomic E-state index is 13.1. The molecule has 15 heavy (non-hydrogen) atoms. The number of esters is 1. The predicted octanol–water partition coefficient (Wildman–Crippen LogP) is 2.02. The summed E-state index contributed by atoms with van der Waals surface area (Å²) in [4.78, 5) is 11.3. The van der Waals surface area contributed by atoms with Gasteiger partial charge in [0.1, 0.15) is 12.4 Å². The van der Waals surface area contributed by atoms with E-state index in [2.05, 4.69) is 0 Å². The first-order chi connectivity index (χ1) is 7.25. The van der Waals surface area contributed by atoms with Crippen LogP contribution in [0.25, 0.3) is 0 Å². The van der Waals surface area contributed by atoms with Crippen molar-refractivity contribution in [1.82, 2.24) is 0 Å². The van der Waals surface area contributed by atoms with Crippen molar-refractivity contribution in [2.45, 2.75) is 6.92 Å². The molecule has 1 aromatic carbocycles. The lowest BCUT2D eigenvalue weighted by Crippen LogP contribution is -2.12. The molecule has 0 N–H and O–H groups in total. The van der Waals surface area contributed by atoms with Crippen LogP contribution in [0, 0.1) is 5.82 Å². The Balaban J connectivity index is 2.44. The van der Waals surface area contributed by atoms with Crippen LogP contribution in [0.4, 0.5) is 4.39 Å². The fraction of sp³-hybridized carbons (Fsp3) is 0.364. The van der Waals surface area contributed by atoms with E-state index in [4.69, 9.17) is 9.47 Å². The molecule has 1 rings (SSSR count). The summed E-state index contributed by atoms with van der Waals surface area (Å²) in [5.74, 6) is -1.23. The van der Waals surface area contributed by atoms with E-state index in [1.807, 2.05) is 6.92 Å². The Bertz CT molecular complexity index is 325. The Labute approximate surface area is 87.8 Å². The zero-order valence-electron chi connectivity index (χ0n) is 8.53. The third-order valence-electron chi connectivity index (χ3n) is 1.76. The Morgan fingerprint density at radius 3 is 2.73 bits per heavy atom. The molecule has 0 saturated carbocycles. The van der Waals surface area contributed by atoms with Crippen LogP contribution in [-0.4, -0.2) is 25.8 Å². The molecule has 0 radical (unpaired) electrons. The summed E-state index contributed by atoms with van der Waals surface area (Å²) in [6.07, 6.45) is 0. The number of hydrogen-bond acceptors (Lipinski definition) is 3. The molecule has 0 aliphatic heterocycles. The minimum atomic E-state index is -0.659. The average molecular weight is 212 g/mol. The molecular weight excluding hydrogens is 199 g/mol. The summed E-state index contributed by atoms with van der Waals surface area (Å²) in [6.45, 7) is 2.88. The van der Waals surface area contributed by atoms with Crippen molar-refractivity contribution in [2.24, 2.45) is 0 Å². The van der Waals surface area contributed by atoms with Crippen molar-refractivity contribution in [2.75, 3.05) is 19.8 Å². The summed E-state index contributed by atoms with van der Waals surface area (Å²) in [6, 6.07) is 5.71. The summed E-state index contributed by atoms with van der Waals surface area (Å²) >= 11 is 0. The normalized spacial score (nSPS) is 10.0. The molecule has 0 fully saturated rings. The molecule has 82 valence electrons. The van der Waals surface area contributed by atoms with Gasteiger partial charge in [-0.1, -0.05) is 12.1 Å². The molecule has 0 bridgehead atoms. The maximum atomic E-state index is 13.1. The monoisotopic (exact) mass is 212 g/mol. The Morgan fingerprint density at radius 2 is 2.07 bits per heavy atom. The van der Waals surface area contributed by atoms with Crippen molar-refractivity contribution in [3.8, 4) is 0 Å². The van der Waals surface area contributed by atoms with Gasteiger partial charge in [-0.05, 0) is 19.1 Å². The molecule has 1 aromatic rings. The van der Waals surface area contributed by atoms with E-state index < -0.39 is 11.8 Å². The Morgan fingerprint density at radius 1 is 1.33 bits per heavy atom. The average Bonchev–Trinajstić information content (AvgIpc) is 2.25. The summed E-state index contributed by atoms with van der Waals surface area (Å²) in [7, 11) is 0. The van der Waals surface area contributed by atoms with Gasteiger partial charge in [0.25, 0.3) is 0 Å². The number of hydrogen-bond donors (Lipinski definition) is 0. The van der Waals surface area contributed by atoms with Crippen LogP contribution in [-0.2, 0) is 9.47 Å². The van der Waals surface area contributed by atoms with Crippen LogP contribution >= 0.6 is 0 Å². The maximum Gasteiger partial charge on any atom is 0.341 e. The first-order valence-corrected chi connectivity index (χ1v) is 4.75. The van der Waals surface area contributed by atoms with Gasteiger partial charge in [0, 0.05) is 6.61 Å². The molecule has 0 amide bonds. The lowest BCUT2D eigenvalue weighted by molar-refractivity contribution is 0.0331. The smallest absolute Gasteiger partial charge is 0.341 e. The van der Waals surface area contributed by atoms with Gasteiger partial charge in [0.2, 0.25) is 0 Å². The van der Waals surface area contributed by atoms with Gasteiger partial charge in [-0.3, -0.25) is 0 Å². The highest BCUT2D eigenvalue weighted by molar-refractivity contribution is 5.89. The van der Waals surface area contributed by atoms with Gasteiger partial charge >= 0.3 is 5.97 Å². The number of ether oxygens (including phenoxy) is 2. The van der Waals surface area contributed by atoms with Crippen LogP contribution in [0.5, 0.6) is 0 Å². The molecular formula is C11H13FO3. The fourth-order valence-corrected chi connectivity index (χ4v) is 1.04. The number of carbonyl (C=O) groups is 1. The quantitative estimate of drug-likeness (QED) is 0.553. The van der Waals surface area contributed by atoms with Gasteiger partial charge in [0.05, 0.1) is 12.2 Å². The Hall–Kier alpha value is -1.42. The number of rotatable bonds is 5. The standard InChI is InChI=1S/C11H13FO3/c1-2-14-7-8-15-11(13)9-5-3-4-6-10(9)12/h3-6H,2,7-8H2,1H3. The van der Waals surface area contributed by atoms with Crippen LogP contribution in [0.15, 0.2) is 24.3 Å². The van der Waals surface area contributed by atoms with E-state index in [1.54, 1.807) is 6.07 Å². The predicted molar refractivity (Wildman–Crippen MR) is 53.2 cm³/mol. The zero-order chi connectivity index (χ0) is 11.1. The lowest BCUT2D eigenvalue weighted by atomic mass is 10.2. The molecule has 0 saturated heterocycles. The molecule has 0 aliphatic rings. The molecule has 3 nitrogen and oxygen atoms in total. The van der Waals surface area contributed by atoms with Gasteiger partial charge < -0.3 is 9.47 Å². The van der Waals surface area contributed by atoms with Crippen molar-refractivity contribution in [3.05, 3.63) is 35.6 Å². The zero-order valence-corrected chi connectivity index (χ0v) is 8.53. The van der Waals surface area contributed by atoms with Gasteiger partial charge in [0.15, 0.2) is 0 Å². The first kappa shape index (κ1) is 11.7. The lowest BCUT2D eigenvalue weighted by Gasteiger charge is -2.05. The molecule has 4 heteroatoms. The summed E-state index contributed by atoms with van der Waals surface area (Å²) in [5, 5.41) is 0. The van der Waals surface area contributed by atoms with Crippen LogP contribution in [0.1, 0.15) is 17.3 Å². The van der Waals surface area contributed by atoms with Crippen LogP contribution in [0.2, 0.25) is 0 Å². The van der Waals surface area contributed by atoms with E-state index in [0.717, 1.165) is 0 Å². The number of benzene rings is 1. The molecule has 0 spiro atoms. The van der Waals surface area contributed by atoms with Crippen LogP contribution < -0.4 is 0 Å². The second kappa shape index (κ2) is 6.14. The highest BCUT2D eigenvalue weighted by Gasteiger charge is 2.11. The van der Waals surface area contributed by atoms with Crippen molar-refractivity contribution in [3.63, 3.8) is 0 Å². The van der Waals surface area contributed by atoms with E-state index >= 15 is 0 Å². The van der Waals surface area contributed by atoms with Crippen molar-refractivity contribution in [1.29, 1.82) is 0 Å². The number of carbonyl (C=O) groups excluding carboxylic acids is 1. The molecule has 0 aliphatic carbocycles. The minimum absolute atomic E-state index is 0.0472. The second-order valence-corrected chi connectivity index (χ2v) is 2.81. The van der Waals surface area contributed by atoms with Crippen LogP contribution in [0.3, 0.4) is 0 Å². The largest absolute Gasteiger partial charge is 0.460 e. The fourth-order valence-electron chi connectivity index (χ4n) is 1.04. The second-order valence-electron chi connectivity index (χ2n) is 2.81. The van der Waals surface area contributed by atoms with E-state index in [1.165, 1.54) is 18.2 Å². The van der Waals surface area contributed by atoms with Crippen molar-refractivity contribution >= 4 is 5.97 Å². The Kier molecular flexibility index (Phi) is 4.77. The summed E-state index contributed by atoms with van der Waals surface area (Å²) < 4.78 is 22.9. The third kappa shape index (κ3) is 3.67. The molecule has 0 unspecified atom stereocenters. The van der Waals surface area contributed by atoms with Gasteiger partial charge in [-0.2, -0.15) is 0 Å². The van der Waals surface area contributed by atoms with Gasteiger partial charge in [-0.15, -0.1) is 0 Å². The summed E-state index contributed by atoms with van der Waals surface area (Å²) in [5.41, 5.74) is -0.0472. The van der Waals surface area contributed by atoms with Gasteiger partial charge in [-0.25, -0.2) is 9.18 Å². The third-order valence-corrected chi connectivity index (χ3v) is 1.76. The molecule has 0 heterocycles.